The van der Waals surface area contributed by atoms with Gasteiger partial charge in [-0.3, -0.25) is 9.69 Å². The van der Waals surface area contributed by atoms with Crippen LogP contribution in [0, 0.1) is 0 Å². The fourth-order valence-corrected chi connectivity index (χ4v) is 3.94. The number of hydrogen-bond donors (Lipinski definition) is 2. The van der Waals surface area contributed by atoms with E-state index in [9.17, 15) is 9.90 Å². The molecule has 0 bridgehead atoms. The maximum Gasteiger partial charge on any atom is 0.255 e. The lowest BCUT2D eigenvalue weighted by Gasteiger charge is -2.34. The second-order valence-corrected chi connectivity index (χ2v) is 7.11. The maximum atomic E-state index is 12.7. The molecule has 0 aliphatic carbocycles. The van der Waals surface area contributed by atoms with E-state index >= 15 is 0 Å². The van der Waals surface area contributed by atoms with Gasteiger partial charge in [-0.25, -0.2) is 0 Å². The van der Waals surface area contributed by atoms with Crippen molar-refractivity contribution in [3.05, 3.63) is 48.3 Å². The average molecular weight is 340 g/mol. The topological polar surface area (TPSA) is 60.7 Å². The van der Waals surface area contributed by atoms with Crippen molar-refractivity contribution in [2.45, 2.75) is 18.5 Å². The van der Waals surface area contributed by atoms with Crippen LogP contribution in [0.3, 0.4) is 0 Å². The van der Waals surface area contributed by atoms with Gasteiger partial charge in [-0.2, -0.15) is 0 Å². The molecule has 1 amide bonds. The van der Waals surface area contributed by atoms with Crippen LogP contribution in [-0.4, -0.2) is 70.7 Å². The van der Waals surface area contributed by atoms with Crippen LogP contribution < -0.4 is 5.32 Å². The van der Waals surface area contributed by atoms with Crippen LogP contribution >= 0.6 is 0 Å². The quantitative estimate of drug-likeness (QED) is 0.884. The van der Waals surface area contributed by atoms with Crippen LogP contribution in [0.5, 0.6) is 5.75 Å². The Morgan fingerprint density at radius 3 is 2.80 bits per heavy atom. The number of nitrogens with one attached hydrogen (secondary N) is 1. The van der Waals surface area contributed by atoms with Crippen molar-refractivity contribution in [2.75, 3.05) is 33.2 Å². The molecule has 1 aromatic heterocycles. The molecule has 6 heteroatoms. The van der Waals surface area contributed by atoms with E-state index in [0.717, 1.165) is 38.3 Å². The smallest absolute Gasteiger partial charge is 0.255 e. The van der Waals surface area contributed by atoms with Crippen LogP contribution in [-0.2, 0) is 0 Å². The van der Waals surface area contributed by atoms with Crippen molar-refractivity contribution < 1.29 is 9.90 Å². The second-order valence-electron chi connectivity index (χ2n) is 7.11. The van der Waals surface area contributed by atoms with Gasteiger partial charge in [0.2, 0.25) is 0 Å². The van der Waals surface area contributed by atoms with E-state index in [0.29, 0.717) is 11.6 Å². The van der Waals surface area contributed by atoms with E-state index in [4.69, 9.17) is 0 Å². The van der Waals surface area contributed by atoms with Gasteiger partial charge in [-0.05, 0) is 43.8 Å². The summed E-state index contributed by atoms with van der Waals surface area (Å²) in [6.07, 6.45) is 4.80. The zero-order valence-electron chi connectivity index (χ0n) is 14.4. The Bertz CT molecular complexity index is 759. The number of hydrogen-bond acceptors (Lipinski definition) is 4. The molecule has 2 aliphatic rings. The number of benzene rings is 1. The Morgan fingerprint density at radius 2 is 2.00 bits per heavy atom. The van der Waals surface area contributed by atoms with Crippen molar-refractivity contribution in [2.24, 2.45) is 0 Å². The molecule has 2 fully saturated rings. The zero-order chi connectivity index (χ0) is 17.4. The SMILES string of the molecule is CN1CCN2C[C@@H](NC(=O)c3cc(-n4cccc4)ccc3O)C[C@H]2C1. The summed E-state index contributed by atoms with van der Waals surface area (Å²) < 4.78 is 1.92. The lowest BCUT2D eigenvalue weighted by molar-refractivity contribution is 0.0934. The number of likely N-dealkylation sites (N-methyl/N-ethyl adjacent to an activating group) is 1. The highest BCUT2D eigenvalue weighted by molar-refractivity contribution is 5.97. The Balaban J connectivity index is 1.47. The minimum Gasteiger partial charge on any atom is -0.507 e. The molecule has 1 aromatic carbocycles. The van der Waals surface area contributed by atoms with Gasteiger partial charge in [0.15, 0.2) is 0 Å². The number of amides is 1. The first kappa shape index (κ1) is 16.2. The van der Waals surface area contributed by atoms with Crippen molar-refractivity contribution >= 4 is 5.91 Å². The molecule has 25 heavy (non-hydrogen) atoms. The molecule has 4 rings (SSSR count). The van der Waals surface area contributed by atoms with Crippen molar-refractivity contribution in [3.63, 3.8) is 0 Å². The van der Waals surface area contributed by atoms with Gasteiger partial charge >= 0.3 is 0 Å². The molecule has 2 N–H and O–H groups in total. The fourth-order valence-electron chi connectivity index (χ4n) is 3.94. The molecule has 2 aliphatic heterocycles. The van der Waals surface area contributed by atoms with Crippen molar-refractivity contribution in [3.8, 4) is 11.4 Å². The standard InChI is InChI=1S/C19H24N4O2/c1-21-8-9-23-12-14(10-16(23)13-21)20-19(25)17-11-15(4-5-18(17)24)22-6-2-3-7-22/h2-7,11,14,16,24H,8-10,12-13H2,1H3,(H,20,25)/t14-,16-/m0/s1. The van der Waals surface area contributed by atoms with Gasteiger partial charge < -0.3 is 19.9 Å². The first-order valence-electron chi connectivity index (χ1n) is 8.80. The lowest BCUT2D eigenvalue weighted by Crippen LogP contribution is -2.48. The van der Waals surface area contributed by atoms with Gasteiger partial charge in [0.1, 0.15) is 5.75 Å². The zero-order valence-corrected chi connectivity index (χ0v) is 14.4. The normalized spacial score (nSPS) is 24.2. The monoisotopic (exact) mass is 340 g/mol. The molecule has 0 saturated carbocycles. The first-order valence-corrected chi connectivity index (χ1v) is 8.80. The Morgan fingerprint density at radius 1 is 1.20 bits per heavy atom. The number of phenolic OH excluding ortho intramolecular Hbond substituents is 1. The summed E-state index contributed by atoms with van der Waals surface area (Å²) in [6.45, 7) is 4.09. The molecule has 0 radical (unpaired) electrons. The molecule has 3 heterocycles. The number of aromatic hydroxyl groups is 1. The van der Waals surface area contributed by atoms with Crippen LogP contribution in [0.25, 0.3) is 5.69 Å². The third kappa shape index (κ3) is 3.27. The summed E-state index contributed by atoms with van der Waals surface area (Å²) in [5, 5.41) is 13.2. The fraction of sp³-hybridized carbons (Fsp3) is 0.421. The lowest BCUT2D eigenvalue weighted by atomic mass is 10.1. The summed E-state index contributed by atoms with van der Waals surface area (Å²) in [5.41, 5.74) is 1.19. The minimum absolute atomic E-state index is 0.0175. The predicted molar refractivity (Wildman–Crippen MR) is 96.2 cm³/mol. The Hall–Kier alpha value is -2.31. The van der Waals surface area contributed by atoms with Crippen LogP contribution in [0.2, 0.25) is 0 Å². The first-order chi connectivity index (χ1) is 12.1. The van der Waals surface area contributed by atoms with Crippen LogP contribution in [0.4, 0.5) is 0 Å². The van der Waals surface area contributed by atoms with E-state index in [-0.39, 0.29) is 17.7 Å². The number of phenols is 1. The molecule has 2 aromatic rings. The van der Waals surface area contributed by atoms with Crippen LogP contribution in [0.15, 0.2) is 42.7 Å². The highest BCUT2D eigenvalue weighted by atomic mass is 16.3. The molecule has 132 valence electrons. The van der Waals surface area contributed by atoms with Gasteiger partial charge in [0.05, 0.1) is 5.56 Å². The molecular weight excluding hydrogens is 316 g/mol. The molecular formula is C19H24N4O2. The highest BCUT2D eigenvalue weighted by Crippen LogP contribution is 2.24. The largest absolute Gasteiger partial charge is 0.507 e. The van der Waals surface area contributed by atoms with E-state index < -0.39 is 0 Å². The Kier molecular flexibility index (Phi) is 4.23. The molecule has 2 atom stereocenters. The summed E-state index contributed by atoms with van der Waals surface area (Å²) in [5.74, 6) is -0.187. The van der Waals surface area contributed by atoms with E-state index in [1.54, 1.807) is 18.2 Å². The number of piperazine rings is 1. The number of rotatable bonds is 3. The number of carbonyl (C=O) groups excluding carboxylic acids is 1. The molecule has 0 unspecified atom stereocenters. The summed E-state index contributed by atoms with van der Waals surface area (Å²) in [4.78, 5) is 17.5. The van der Waals surface area contributed by atoms with Crippen molar-refractivity contribution in [1.82, 2.24) is 19.7 Å². The third-order valence-electron chi connectivity index (χ3n) is 5.28. The second kappa shape index (κ2) is 6.54. The molecule has 6 nitrogen and oxygen atoms in total. The van der Waals surface area contributed by atoms with Crippen molar-refractivity contribution in [1.29, 1.82) is 0 Å². The van der Waals surface area contributed by atoms with E-state index in [1.165, 1.54) is 0 Å². The van der Waals surface area contributed by atoms with Crippen LogP contribution in [0.1, 0.15) is 16.8 Å². The minimum atomic E-state index is -0.204. The number of nitrogens with zero attached hydrogens (tertiary/aromatic N) is 3. The summed E-state index contributed by atoms with van der Waals surface area (Å²) >= 11 is 0. The molecule has 0 spiro atoms. The van der Waals surface area contributed by atoms with Gasteiger partial charge in [0.25, 0.3) is 5.91 Å². The Labute approximate surface area is 147 Å². The summed E-state index contributed by atoms with van der Waals surface area (Å²) in [6, 6.07) is 9.63. The van der Waals surface area contributed by atoms with E-state index in [1.807, 2.05) is 29.1 Å². The van der Waals surface area contributed by atoms with E-state index in [2.05, 4.69) is 22.2 Å². The third-order valence-corrected chi connectivity index (χ3v) is 5.28. The number of aromatic nitrogens is 1. The van der Waals surface area contributed by atoms with Gasteiger partial charge in [-0.1, -0.05) is 0 Å². The number of fused-ring (bicyclic) bond motifs is 1. The predicted octanol–water partition coefficient (Wildman–Crippen LogP) is 1.30. The maximum absolute atomic E-state index is 12.7. The average Bonchev–Trinajstić information content (AvgIpc) is 3.24. The van der Waals surface area contributed by atoms with Gasteiger partial charge in [0, 0.05) is 56.3 Å². The summed E-state index contributed by atoms with van der Waals surface area (Å²) in [7, 11) is 2.15. The van der Waals surface area contributed by atoms with Gasteiger partial charge in [-0.15, -0.1) is 0 Å². The number of carbonyl (C=O) groups is 1. The highest BCUT2D eigenvalue weighted by Gasteiger charge is 2.36. The molecule has 2 saturated heterocycles.